The number of halogens is 3. The quantitative estimate of drug-likeness (QED) is 0.789. The number of nitrogens with zero attached hydrogens (tertiary/aromatic N) is 1. The lowest BCUT2D eigenvalue weighted by Gasteiger charge is -2.35. The summed E-state index contributed by atoms with van der Waals surface area (Å²) in [5.41, 5.74) is 1.01. The highest BCUT2D eigenvalue weighted by molar-refractivity contribution is 5.97. The number of hydrogen-bond acceptors (Lipinski definition) is 2. The van der Waals surface area contributed by atoms with E-state index < -0.39 is 23.6 Å². The van der Waals surface area contributed by atoms with E-state index in [2.05, 4.69) is 5.32 Å². The van der Waals surface area contributed by atoms with Crippen LogP contribution in [0.1, 0.15) is 48.5 Å². The molecule has 0 radical (unpaired) electrons. The largest absolute Gasteiger partial charge is 0.341 e. The normalized spacial score (nSPS) is 15.9. The maximum Gasteiger partial charge on any atom is 0.252 e. The van der Waals surface area contributed by atoms with Gasteiger partial charge in [0.1, 0.15) is 11.9 Å². The van der Waals surface area contributed by atoms with Gasteiger partial charge in [-0.2, -0.15) is 0 Å². The third kappa shape index (κ3) is 5.01. The van der Waals surface area contributed by atoms with E-state index in [-0.39, 0.29) is 29.1 Å². The summed E-state index contributed by atoms with van der Waals surface area (Å²) in [4.78, 5) is 27.2. The summed E-state index contributed by atoms with van der Waals surface area (Å²) in [6, 6.07) is 8.55. The van der Waals surface area contributed by atoms with Crippen LogP contribution in [0.25, 0.3) is 0 Å². The number of piperidine rings is 1. The molecule has 3 rings (SSSR count). The Balaban J connectivity index is 1.63. The van der Waals surface area contributed by atoms with Gasteiger partial charge in [0.15, 0.2) is 11.6 Å². The Morgan fingerprint density at radius 3 is 2.17 bits per heavy atom. The molecule has 1 heterocycles. The van der Waals surface area contributed by atoms with Gasteiger partial charge in [-0.15, -0.1) is 0 Å². The van der Waals surface area contributed by atoms with Crippen molar-refractivity contribution in [1.82, 2.24) is 10.2 Å². The number of hydrogen-bond donors (Lipinski definition) is 1. The highest BCUT2D eigenvalue weighted by Crippen LogP contribution is 2.28. The zero-order valence-corrected chi connectivity index (χ0v) is 17.0. The topological polar surface area (TPSA) is 49.4 Å². The van der Waals surface area contributed by atoms with Gasteiger partial charge in [-0.1, -0.05) is 26.0 Å². The fourth-order valence-electron chi connectivity index (χ4n) is 3.74. The monoisotopic (exact) mass is 418 g/mol. The molecule has 1 aliphatic rings. The molecule has 160 valence electrons. The van der Waals surface area contributed by atoms with Crippen LogP contribution in [0.4, 0.5) is 13.2 Å². The second kappa shape index (κ2) is 9.32. The second-order valence-electron chi connectivity index (χ2n) is 7.98. The summed E-state index contributed by atoms with van der Waals surface area (Å²) < 4.78 is 39.7. The van der Waals surface area contributed by atoms with Crippen molar-refractivity contribution in [2.75, 3.05) is 13.1 Å². The molecule has 7 heteroatoms. The Kier molecular flexibility index (Phi) is 6.80. The van der Waals surface area contributed by atoms with Crippen molar-refractivity contribution in [1.29, 1.82) is 0 Å². The summed E-state index contributed by atoms with van der Waals surface area (Å²) in [5.74, 6) is -3.17. The van der Waals surface area contributed by atoms with Gasteiger partial charge in [0.05, 0.1) is 0 Å². The van der Waals surface area contributed by atoms with Crippen LogP contribution in [0.5, 0.6) is 0 Å². The molecule has 1 fully saturated rings. The van der Waals surface area contributed by atoms with Gasteiger partial charge >= 0.3 is 0 Å². The molecule has 0 unspecified atom stereocenters. The molecule has 1 atom stereocenters. The number of carbonyl (C=O) groups excluding carboxylic acids is 2. The molecule has 1 saturated heterocycles. The molecule has 30 heavy (non-hydrogen) atoms. The van der Waals surface area contributed by atoms with E-state index in [1.807, 2.05) is 13.8 Å². The summed E-state index contributed by atoms with van der Waals surface area (Å²) in [5, 5.41) is 2.66. The SMILES string of the molecule is CC(C)[C@@H](NC(=O)c1ccc(F)c(F)c1)C(=O)N1CCC(c2ccc(F)cc2)CC1. The molecule has 0 bridgehead atoms. The maximum atomic E-state index is 13.4. The average Bonchev–Trinajstić information content (AvgIpc) is 2.74. The molecule has 2 aromatic carbocycles. The minimum absolute atomic E-state index is 0.0395. The zero-order chi connectivity index (χ0) is 21.8. The smallest absolute Gasteiger partial charge is 0.252 e. The Hall–Kier alpha value is -2.83. The zero-order valence-electron chi connectivity index (χ0n) is 17.0. The van der Waals surface area contributed by atoms with Gasteiger partial charge in [-0.05, 0) is 60.6 Å². The third-order valence-corrected chi connectivity index (χ3v) is 5.55. The van der Waals surface area contributed by atoms with Crippen LogP contribution in [-0.2, 0) is 4.79 Å². The fraction of sp³-hybridized carbons (Fsp3) is 0.391. The Labute approximate surface area is 174 Å². The molecule has 0 saturated carbocycles. The summed E-state index contributed by atoms with van der Waals surface area (Å²) in [7, 11) is 0. The Morgan fingerprint density at radius 2 is 1.60 bits per heavy atom. The lowest BCUT2D eigenvalue weighted by atomic mass is 9.89. The highest BCUT2D eigenvalue weighted by Gasteiger charge is 2.32. The van der Waals surface area contributed by atoms with Gasteiger partial charge in [0.2, 0.25) is 5.91 Å². The van der Waals surface area contributed by atoms with E-state index in [1.54, 1.807) is 17.0 Å². The Morgan fingerprint density at radius 1 is 0.967 bits per heavy atom. The molecular formula is C23H25F3N2O2. The summed E-state index contributed by atoms with van der Waals surface area (Å²) >= 11 is 0. The fourth-order valence-corrected chi connectivity index (χ4v) is 3.74. The van der Waals surface area contributed by atoms with E-state index in [0.29, 0.717) is 13.1 Å². The number of benzene rings is 2. The molecular weight excluding hydrogens is 393 g/mol. The number of carbonyl (C=O) groups is 2. The number of likely N-dealkylation sites (tertiary alicyclic amines) is 1. The second-order valence-corrected chi connectivity index (χ2v) is 7.98. The Bertz CT molecular complexity index is 907. The van der Waals surface area contributed by atoms with Crippen molar-refractivity contribution in [2.45, 2.75) is 38.6 Å². The standard InChI is InChI=1S/C23H25F3N2O2/c1-14(2)21(27-22(29)17-5-8-19(25)20(26)13-17)23(30)28-11-9-16(10-12-28)15-3-6-18(24)7-4-15/h3-8,13-14,16,21H,9-12H2,1-2H3,(H,27,29)/t21-/m1/s1. The first kappa shape index (κ1) is 21.9. The van der Waals surface area contributed by atoms with Crippen molar-refractivity contribution in [3.63, 3.8) is 0 Å². The van der Waals surface area contributed by atoms with Crippen LogP contribution in [0.2, 0.25) is 0 Å². The minimum atomic E-state index is -1.11. The van der Waals surface area contributed by atoms with E-state index in [1.165, 1.54) is 18.2 Å². The first-order valence-corrected chi connectivity index (χ1v) is 10.1. The van der Waals surface area contributed by atoms with Gasteiger partial charge in [-0.3, -0.25) is 9.59 Å². The van der Waals surface area contributed by atoms with Crippen molar-refractivity contribution < 1.29 is 22.8 Å². The number of amides is 2. The maximum absolute atomic E-state index is 13.4. The van der Waals surface area contributed by atoms with E-state index in [0.717, 1.165) is 30.5 Å². The molecule has 2 amide bonds. The lowest BCUT2D eigenvalue weighted by Crippen LogP contribution is -2.52. The van der Waals surface area contributed by atoms with Gasteiger partial charge in [0, 0.05) is 18.7 Å². The minimum Gasteiger partial charge on any atom is -0.341 e. The first-order valence-electron chi connectivity index (χ1n) is 10.1. The van der Waals surface area contributed by atoms with E-state index in [9.17, 15) is 22.8 Å². The lowest BCUT2D eigenvalue weighted by molar-refractivity contribution is -0.135. The van der Waals surface area contributed by atoms with Gasteiger partial charge in [0.25, 0.3) is 5.91 Å². The number of nitrogens with one attached hydrogen (secondary N) is 1. The van der Waals surface area contributed by atoms with Crippen LogP contribution >= 0.6 is 0 Å². The van der Waals surface area contributed by atoms with Crippen LogP contribution in [0.3, 0.4) is 0 Å². The van der Waals surface area contributed by atoms with Crippen molar-refractivity contribution in [3.05, 3.63) is 71.0 Å². The predicted octanol–water partition coefficient (Wildman–Crippen LogP) is 4.26. The molecule has 0 aromatic heterocycles. The highest BCUT2D eigenvalue weighted by atomic mass is 19.2. The molecule has 4 nitrogen and oxygen atoms in total. The van der Waals surface area contributed by atoms with Crippen LogP contribution in [0.15, 0.2) is 42.5 Å². The van der Waals surface area contributed by atoms with Gasteiger partial charge < -0.3 is 10.2 Å². The average molecular weight is 418 g/mol. The van der Waals surface area contributed by atoms with Crippen LogP contribution in [0, 0.1) is 23.4 Å². The van der Waals surface area contributed by atoms with Crippen molar-refractivity contribution in [2.24, 2.45) is 5.92 Å². The molecule has 1 N–H and O–H groups in total. The van der Waals surface area contributed by atoms with Crippen LogP contribution in [-0.4, -0.2) is 35.8 Å². The van der Waals surface area contributed by atoms with E-state index in [4.69, 9.17) is 0 Å². The molecule has 0 spiro atoms. The third-order valence-electron chi connectivity index (χ3n) is 5.55. The number of rotatable bonds is 5. The van der Waals surface area contributed by atoms with E-state index >= 15 is 0 Å². The predicted molar refractivity (Wildman–Crippen MR) is 107 cm³/mol. The molecule has 0 aliphatic carbocycles. The first-order chi connectivity index (χ1) is 14.3. The molecule has 1 aliphatic heterocycles. The molecule has 2 aromatic rings. The van der Waals surface area contributed by atoms with Crippen molar-refractivity contribution >= 4 is 11.8 Å². The summed E-state index contributed by atoms with van der Waals surface area (Å²) in [6.45, 7) is 4.70. The van der Waals surface area contributed by atoms with Gasteiger partial charge in [-0.25, -0.2) is 13.2 Å². The summed E-state index contributed by atoms with van der Waals surface area (Å²) in [6.07, 6.45) is 1.50. The van der Waals surface area contributed by atoms with Crippen molar-refractivity contribution in [3.8, 4) is 0 Å². The van der Waals surface area contributed by atoms with Crippen LogP contribution < -0.4 is 5.32 Å².